The van der Waals surface area contributed by atoms with Crippen molar-refractivity contribution in [3.05, 3.63) is 17.0 Å². The van der Waals surface area contributed by atoms with Crippen molar-refractivity contribution in [1.29, 1.82) is 0 Å². The van der Waals surface area contributed by atoms with Crippen molar-refractivity contribution in [2.45, 2.75) is 59.0 Å². The van der Waals surface area contributed by atoms with Gasteiger partial charge in [-0.2, -0.15) is 0 Å². The second-order valence-electron chi connectivity index (χ2n) is 5.91. The molecule has 5 heteroatoms. The van der Waals surface area contributed by atoms with Gasteiger partial charge in [0.05, 0.1) is 12.1 Å². The summed E-state index contributed by atoms with van der Waals surface area (Å²) in [5, 5.41) is 7.37. The summed E-state index contributed by atoms with van der Waals surface area (Å²) in [5.74, 6) is 0.904. The fourth-order valence-electron chi connectivity index (χ4n) is 2.76. The number of hydrogen-bond donors (Lipinski definition) is 1. The van der Waals surface area contributed by atoms with Gasteiger partial charge in [0, 0.05) is 24.2 Å². The van der Waals surface area contributed by atoms with E-state index in [4.69, 9.17) is 4.52 Å². The summed E-state index contributed by atoms with van der Waals surface area (Å²) < 4.78 is 5.14. The molecule has 0 bridgehead atoms. The standard InChI is InChI=1S/C15H25N3O2/c1-10(2)18(9-13-6-5-7-16-13)15(19)8-14-11(3)17-20-12(14)4/h10,13,16H,5-9H2,1-4H3. The maximum absolute atomic E-state index is 12.6. The summed E-state index contributed by atoms with van der Waals surface area (Å²) in [6.07, 6.45) is 2.74. The van der Waals surface area contributed by atoms with Gasteiger partial charge in [0.25, 0.3) is 0 Å². The molecule has 0 saturated carbocycles. The minimum atomic E-state index is 0.156. The highest BCUT2D eigenvalue weighted by molar-refractivity contribution is 5.79. The molecule has 1 fully saturated rings. The SMILES string of the molecule is Cc1noc(C)c1CC(=O)N(CC1CCCN1)C(C)C. The molecule has 1 saturated heterocycles. The van der Waals surface area contributed by atoms with Crippen LogP contribution in [0.15, 0.2) is 4.52 Å². The Morgan fingerprint density at radius 2 is 2.25 bits per heavy atom. The Labute approximate surface area is 120 Å². The third-order valence-corrected chi connectivity index (χ3v) is 4.03. The van der Waals surface area contributed by atoms with E-state index in [1.54, 1.807) is 0 Å². The molecule has 1 unspecified atom stereocenters. The molecule has 1 N–H and O–H groups in total. The highest BCUT2D eigenvalue weighted by atomic mass is 16.5. The third-order valence-electron chi connectivity index (χ3n) is 4.03. The van der Waals surface area contributed by atoms with E-state index in [0.29, 0.717) is 12.5 Å². The van der Waals surface area contributed by atoms with Gasteiger partial charge in [-0.25, -0.2) is 0 Å². The summed E-state index contributed by atoms with van der Waals surface area (Å²) in [4.78, 5) is 14.5. The third kappa shape index (κ3) is 3.39. The molecule has 0 spiro atoms. The maximum atomic E-state index is 12.6. The van der Waals surface area contributed by atoms with E-state index in [0.717, 1.165) is 36.5 Å². The van der Waals surface area contributed by atoms with E-state index in [1.165, 1.54) is 6.42 Å². The number of carbonyl (C=O) groups excluding carboxylic acids is 1. The normalized spacial score (nSPS) is 18.8. The quantitative estimate of drug-likeness (QED) is 0.893. The molecule has 1 aliphatic heterocycles. The topological polar surface area (TPSA) is 58.4 Å². The minimum Gasteiger partial charge on any atom is -0.361 e. The van der Waals surface area contributed by atoms with Gasteiger partial charge >= 0.3 is 0 Å². The molecule has 0 aliphatic carbocycles. The summed E-state index contributed by atoms with van der Waals surface area (Å²) in [6, 6.07) is 0.649. The monoisotopic (exact) mass is 279 g/mol. The van der Waals surface area contributed by atoms with Crippen LogP contribution >= 0.6 is 0 Å². The highest BCUT2D eigenvalue weighted by Gasteiger charge is 2.25. The zero-order chi connectivity index (χ0) is 14.7. The lowest BCUT2D eigenvalue weighted by molar-refractivity contribution is -0.132. The molecule has 2 heterocycles. The Bertz CT molecular complexity index is 442. The average molecular weight is 279 g/mol. The first-order valence-electron chi connectivity index (χ1n) is 7.43. The average Bonchev–Trinajstić information content (AvgIpc) is 3.00. The van der Waals surface area contributed by atoms with Crippen molar-refractivity contribution < 1.29 is 9.32 Å². The van der Waals surface area contributed by atoms with Crippen LogP contribution in [-0.2, 0) is 11.2 Å². The van der Waals surface area contributed by atoms with Crippen LogP contribution in [0, 0.1) is 13.8 Å². The van der Waals surface area contributed by atoms with Gasteiger partial charge in [0.1, 0.15) is 5.76 Å². The van der Waals surface area contributed by atoms with Crippen LogP contribution in [-0.4, -0.2) is 41.1 Å². The van der Waals surface area contributed by atoms with Crippen molar-refractivity contribution in [2.24, 2.45) is 0 Å². The summed E-state index contributed by atoms with van der Waals surface area (Å²) in [7, 11) is 0. The van der Waals surface area contributed by atoms with Gasteiger partial charge in [-0.3, -0.25) is 4.79 Å². The molecular formula is C15H25N3O2. The van der Waals surface area contributed by atoms with Crippen molar-refractivity contribution >= 4 is 5.91 Å². The number of aromatic nitrogens is 1. The number of aryl methyl sites for hydroxylation is 2. The fraction of sp³-hybridized carbons (Fsp3) is 0.733. The van der Waals surface area contributed by atoms with Gasteiger partial charge < -0.3 is 14.7 Å². The molecule has 1 amide bonds. The Kier molecular flexibility index (Phi) is 4.81. The fourth-order valence-corrected chi connectivity index (χ4v) is 2.76. The molecule has 1 aromatic heterocycles. The zero-order valence-corrected chi connectivity index (χ0v) is 12.9. The Balaban J connectivity index is 2.03. The van der Waals surface area contributed by atoms with E-state index in [-0.39, 0.29) is 11.9 Å². The molecule has 1 aromatic rings. The minimum absolute atomic E-state index is 0.156. The van der Waals surface area contributed by atoms with E-state index < -0.39 is 0 Å². The van der Waals surface area contributed by atoms with Crippen LogP contribution in [0.5, 0.6) is 0 Å². The lowest BCUT2D eigenvalue weighted by Gasteiger charge is -2.29. The number of amides is 1. The van der Waals surface area contributed by atoms with Gasteiger partial charge in [-0.1, -0.05) is 5.16 Å². The Morgan fingerprint density at radius 1 is 1.50 bits per heavy atom. The predicted octanol–water partition coefficient (Wildman–Crippen LogP) is 1.82. The number of carbonyl (C=O) groups is 1. The second-order valence-corrected chi connectivity index (χ2v) is 5.91. The number of nitrogens with zero attached hydrogens (tertiary/aromatic N) is 2. The van der Waals surface area contributed by atoms with Gasteiger partial charge in [0.2, 0.25) is 5.91 Å². The van der Waals surface area contributed by atoms with E-state index >= 15 is 0 Å². The van der Waals surface area contributed by atoms with Crippen molar-refractivity contribution in [3.63, 3.8) is 0 Å². The first kappa shape index (κ1) is 15.0. The zero-order valence-electron chi connectivity index (χ0n) is 12.9. The molecule has 1 aliphatic rings. The van der Waals surface area contributed by atoms with Crippen LogP contribution in [0.25, 0.3) is 0 Å². The van der Waals surface area contributed by atoms with Gasteiger partial charge in [-0.15, -0.1) is 0 Å². The van der Waals surface area contributed by atoms with Gasteiger partial charge in [-0.05, 0) is 47.1 Å². The summed E-state index contributed by atoms with van der Waals surface area (Å²) in [6.45, 7) is 9.74. The number of rotatable bonds is 5. The molecule has 20 heavy (non-hydrogen) atoms. The highest BCUT2D eigenvalue weighted by Crippen LogP contribution is 2.16. The van der Waals surface area contributed by atoms with Crippen molar-refractivity contribution in [2.75, 3.05) is 13.1 Å². The van der Waals surface area contributed by atoms with E-state index in [9.17, 15) is 4.79 Å². The Morgan fingerprint density at radius 3 is 2.75 bits per heavy atom. The van der Waals surface area contributed by atoms with Gasteiger partial charge in [0.15, 0.2) is 0 Å². The van der Waals surface area contributed by atoms with Crippen LogP contribution in [0.3, 0.4) is 0 Å². The largest absolute Gasteiger partial charge is 0.361 e. The predicted molar refractivity (Wildman–Crippen MR) is 77.6 cm³/mol. The first-order valence-corrected chi connectivity index (χ1v) is 7.43. The lowest BCUT2D eigenvalue weighted by atomic mass is 10.1. The second kappa shape index (κ2) is 6.39. The van der Waals surface area contributed by atoms with E-state index in [2.05, 4.69) is 24.3 Å². The summed E-state index contributed by atoms with van der Waals surface area (Å²) in [5.41, 5.74) is 1.75. The molecule has 2 rings (SSSR count). The molecular weight excluding hydrogens is 254 g/mol. The molecule has 0 radical (unpaired) electrons. The van der Waals surface area contributed by atoms with Crippen LogP contribution in [0.2, 0.25) is 0 Å². The molecule has 5 nitrogen and oxygen atoms in total. The number of hydrogen-bond acceptors (Lipinski definition) is 4. The molecule has 0 aromatic carbocycles. The van der Waals surface area contributed by atoms with Crippen LogP contribution in [0.1, 0.15) is 43.7 Å². The molecule has 1 atom stereocenters. The van der Waals surface area contributed by atoms with Crippen LogP contribution < -0.4 is 5.32 Å². The lowest BCUT2D eigenvalue weighted by Crippen LogP contribution is -2.45. The molecule has 112 valence electrons. The first-order chi connectivity index (χ1) is 9.49. The van der Waals surface area contributed by atoms with Crippen molar-refractivity contribution in [1.82, 2.24) is 15.4 Å². The Hall–Kier alpha value is -1.36. The number of nitrogens with one attached hydrogen (secondary N) is 1. The maximum Gasteiger partial charge on any atom is 0.227 e. The van der Waals surface area contributed by atoms with Crippen LogP contribution in [0.4, 0.5) is 0 Å². The summed E-state index contributed by atoms with van der Waals surface area (Å²) >= 11 is 0. The smallest absolute Gasteiger partial charge is 0.227 e. The van der Waals surface area contributed by atoms with Crippen molar-refractivity contribution in [3.8, 4) is 0 Å². The van der Waals surface area contributed by atoms with E-state index in [1.807, 2.05) is 18.7 Å².